The van der Waals surface area contributed by atoms with E-state index in [2.05, 4.69) is 231 Å². The Morgan fingerprint density at radius 3 is 1.61 bits per heavy atom. The first kappa shape index (κ1) is 36.4. The first-order chi connectivity index (χ1) is 30.5. The van der Waals surface area contributed by atoms with E-state index in [9.17, 15) is 0 Å². The Morgan fingerprint density at radius 2 is 0.919 bits per heavy atom. The van der Waals surface area contributed by atoms with Gasteiger partial charge in [-0.15, -0.1) is 0 Å². The van der Waals surface area contributed by atoms with Crippen LogP contribution >= 0.6 is 0 Å². The molecule has 0 heterocycles. The first-order valence-corrected chi connectivity index (χ1v) is 22.0. The van der Waals surface area contributed by atoms with Gasteiger partial charge in [-0.05, 0) is 166 Å². The molecule has 0 amide bonds. The van der Waals surface area contributed by atoms with E-state index in [-0.39, 0.29) is 5.41 Å². The summed E-state index contributed by atoms with van der Waals surface area (Å²) in [4.78, 5) is 2.47. The molecule has 0 fully saturated rings. The van der Waals surface area contributed by atoms with Crippen LogP contribution < -0.4 is 4.90 Å². The van der Waals surface area contributed by atoms with Crippen molar-refractivity contribution in [3.63, 3.8) is 0 Å². The first-order valence-electron chi connectivity index (χ1n) is 22.0. The Balaban J connectivity index is 0.967. The van der Waals surface area contributed by atoms with Gasteiger partial charge in [-0.1, -0.05) is 172 Å². The maximum absolute atomic E-state index is 2.52. The van der Waals surface area contributed by atoms with E-state index in [1.165, 1.54) is 116 Å². The highest BCUT2D eigenvalue weighted by molar-refractivity contribution is 6.26. The third kappa shape index (κ3) is 5.84. The van der Waals surface area contributed by atoms with Crippen molar-refractivity contribution in [1.82, 2.24) is 0 Å². The summed E-state index contributed by atoms with van der Waals surface area (Å²) in [6.07, 6.45) is 4.49. The molecule has 2 aliphatic carbocycles. The third-order valence-electron chi connectivity index (χ3n) is 13.7. The van der Waals surface area contributed by atoms with E-state index in [1.54, 1.807) is 0 Å². The fourth-order valence-corrected chi connectivity index (χ4v) is 10.7. The number of hydrogen-bond acceptors (Lipinski definition) is 1. The fraction of sp³-hybridized carbons (Fsp3) is 0.0820. The lowest BCUT2D eigenvalue weighted by molar-refractivity contribution is 0.649. The van der Waals surface area contributed by atoms with Crippen molar-refractivity contribution < 1.29 is 0 Å². The molecule has 62 heavy (non-hydrogen) atoms. The zero-order valence-electron chi connectivity index (χ0n) is 35.1. The van der Waals surface area contributed by atoms with Gasteiger partial charge in [0, 0.05) is 22.5 Å². The van der Waals surface area contributed by atoms with E-state index in [1.807, 2.05) is 0 Å². The average molecular weight is 792 g/mol. The van der Waals surface area contributed by atoms with Gasteiger partial charge in [0.25, 0.3) is 0 Å². The van der Waals surface area contributed by atoms with Crippen molar-refractivity contribution in [2.75, 3.05) is 4.90 Å². The van der Waals surface area contributed by atoms with Gasteiger partial charge in [0.15, 0.2) is 0 Å². The molecule has 12 rings (SSSR count). The molecule has 0 saturated heterocycles. The highest BCUT2D eigenvalue weighted by Crippen LogP contribution is 2.53. The Hall–Kier alpha value is -7.48. The molecule has 0 saturated carbocycles. The number of benzene rings is 10. The summed E-state index contributed by atoms with van der Waals surface area (Å²) < 4.78 is 0. The average Bonchev–Trinajstić information content (AvgIpc) is 3.56. The number of rotatable bonds is 6. The van der Waals surface area contributed by atoms with Gasteiger partial charge in [-0.3, -0.25) is 0 Å². The van der Waals surface area contributed by atoms with E-state index in [0.29, 0.717) is 0 Å². The monoisotopic (exact) mass is 791 g/mol. The van der Waals surface area contributed by atoms with Gasteiger partial charge in [0.2, 0.25) is 0 Å². The van der Waals surface area contributed by atoms with Gasteiger partial charge >= 0.3 is 0 Å². The summed E-state index contributed by atoms with van der Waals surface area (Å²) in [5, 5.41) is 10.3. The van der Waals surface area contributed by atoms with E-state index in [4.69, 9.17) is 0 Å². The smallest absolute Gasteiger partial charge is 0.0458 e. The molecule has 1 nitrogen and oxygen atoms in total. The van der Waals surface area contributed by atoms with Crippen LogP contribution in [0, 0.1) is 0 Å². The maximum Gasteiger partial charge on any atom is 0.0458 e. The van der Waals surface area contributed by atoms with Gasteiger partial charge in [0.1, 0.15) is 0 Å². The molecule has 0 aliphatic heterocycles. The topological polar surface area (TPSA) is 3.24 Å². The summed E-state index contributed by atoms with van der Waals surface area (Å²) in [5.41, 5.74) is 16.8. The summed E-state index contributed by atoms with van der Waals surface area (Å²) in [6, 6.07) is 76.4. The Labute approximate surface area is 363 Å². The Bertz CT molecular complexity index is 3460. The largest absolute Gasteiger partial charge is 0.314 e. The van der Waals surface area contributed by atoms with Gasteiger partial charge in [0.05, 0.1) is 0 Å². The number of allylic oxidation sites excluding steroid dienone is 4. The molecule has 2 aliphatic rings. The second-order valence-electron chi connectivity index (χ2n) is 17.6. The minimum absolute atomic E-state index is 0.169. The van der Waals surface area contributed by atoms with E-state index in [0.717, 1.165) is 12.8 Å². The zero-order valence-corrected chi connectivity index (χ0v) is 35.1. The van der Waals surface area contributed by atoms with Gasteiger partial charge < -0.3 is 4.90 Å². The van der Waals surface area contributed by atoms with Crippen LogP contribution in [-0.2, 0) is 5.41 Å². The van der Waals surface area contributed by atoms with Crippen molar-refractivity contribution in [3.8, 4) is 33.4 Å². The molecule has 0 spiro atoms. The SMILES string of the molecule is CC1(C)C2=C(CCC(N(c3ccccc3)c3ccc(-c4ccccc4)cc3)=C2)c2ccc(-c3cc4cc(-c5ccc6ccccc6c5)c5ccccc5c4c4ccccc34)cc21. The highest BCUT2D eigenvalue weighted by atomic mass is 15.1. The molecule has 0 N–H and O–H groups in total. The summed E-state index contributed by atoms with van der Waals surface area (Å²) in [6.45, 7) is 4.86. The molecular formula is C61H45N. The fourth-order valence-electron chi connectivity index (χ4n) is 10.7. The summed E-state index contributed by atoms with van der Waals surface area (Å²) in [5.74, 6) is 0. The number of nitrogens with zero attached hydrogens (tertiary/aromatic N) is 1. The standard InChI is InChI=1S/C61H45N/c1-61(2)58-38-45(29-33-52(58)53-34-32-49(39-59(53)61)62(47-19-7-4-8-20-47)48-30-27-42(28-31-48)40-15-5-3-6-16-40)57-37-46-36-56(44-26-25-41-17-9-10-18-43(41)35-44)50-21-11-13-23-54(50)60(46)55-24-14-12-22-51(55)57/h3-31,33,35-39H,32,34H2,1-2H3. The maximum atomic E-state index is 2.52. The van der Waals surface area contributed by atoms with Crippen molar-refractivity contribution in [1.29, 1.82) is 0 Å². The van der Waals surface area contributed by atoms with Gasteiger partial charge in [-0.2, -0.15) is 0 Å². The highest BCUT2D eigenvalue weighted by Gasteiger charge is 2.39. The molecule has 10 aromatic rings. The molecule has 1 heteroatoms. The molecule has 0 atom stereocenters. The quantitative estimate of drug-likeness (QED) is 0.152. The normalized spacial score (nSPS) is 14.3. The van der Waals surface area contributed by atoms with Crippen molar-refractivity contribution in [2.24, 2.45) is 0 Å². The molecule has 0 bridgehead atoms. The third-order valence-corrected chi connectivity index (χ3v) is 13.7. The zero-order chi connectivity index (χ0) is 41.4. The lowest BCUT2D eigenvalue weighted by Gasteiger charge is -2.32. The van der Waals surface area contributed by atoms with Crippen LogP contribution in [0.15, 0.2) is 224 Å². The Morgan fingerprint density at radius 1 is 0.387 bits per heavy atom. The van der Waals surface area contributed by atoms with Crippen LogP contribution in [-0.4, -0.2) is 0 Å². The summed E-state index contributed by atoms with van der Waals surface area (Å²) >= 11 is 0. The van der Waals surface area contributed by atoms with E-state index < -0.39 is 0 Å². The number of para-hydroxylation sites is 1. The van der Waals surface area contributed by atoms with E-state index >= 15 is 0 Å². The van der Waals surface area contributed by atoms with Crippen LogP contribution in [0.4, 0.5) is 11.4 Å². The minimum Gasteiger partial charge on any atom is -0.314 e. The minimum atomic E-state index is -0.169. The number of fused-ring (bicyclic) bond motifs is 8. The number of hydrogen-bond donors (Lipinski definition) is 0. The van der Waals surface area contributed by atoms with Crippen molar-refractivity contribution in [2.45, 2.75) is 32.1 Å². The van der Waals surface area contributed by atoms with Crippen LogP contribution in [0.3, 0.4) is 0 Å². The van der Waals surface area contributed by atoms with Gasteiger partial charge in [-0.25, -0.2) is 0 Å². The lowest BCUT2D eigenvalue weighted by Crippen LogP contribution is -2.22. The van der Waals surface area contributed by atoms with Crippen LogP contribution in [0.2, 0.25) is 0 Å². The second kappa shape index (κ2) is 14.3. The number of anilines is 2. The molecule has 0 radical (unpaired) electrons. The van der Waals surface area contributed by atoms with Crippen LogP contribution in [0.1, 0.15) is 37.8 Å². The van der Waals surface area contributed by atoms with Crippen molar-refractivity contribution in [3.05, 3.63) is 235 Å². The molecule has 294 valence electrons. The molecule has 0 unspecified atom stereocenters. The Kier molecular flexibility index (Phi) is 8.40. The predicted octanol–water partition coefficient (Wildman–Crippen LogP) is 16.9. The van der Waals surface area contributed by atoms with Crippen molar-refractivity contribution >= 4 is 60.0 Å². The lowest BCUT2D eigenvalue weighted by atomic mass is 9.78. The van der Waals surface area contributed by atoms with Crippen LogP contribution in [0.25, 0.3) is 82.0 Å². The summed E-state index contributed by atoms with van der Waals surface area (Å²) in [7, 11) is 0. The molecular weight excluding hydrogens is 747 g/mol. The second-order valence-corrected chi connectivity index (χ2v) is 17.6. The molecule has 0 aromatic heterocycles. The molecule has 10 aromatic carbocycles. The van der Waals surface area contributed by atoms with Crippen LogP contribution in [0.5, 0.6) is 0 Å². The predicted molar refractivity (Wildman–Crippen MR) is 265 cm³/mol.